The van der Waals surface area contributed by atoms with E-state index in [-0.39, 0.29) is 5.02 Å². The number of aromatic nitrogens is 2. The molecule has 0 unspecified atom stereocenters. The van der Waals surface area contributed by atoms with Crippen molar-refractivity contribution in [3.8, 4) is 11.1 Å². The third-order valence-corrected chi connectivity index (χ3v) is 3.64. The predicted octanol–water partition coefficient (Wildman–Crippen LogP) is 4.36. The smallest absolute Gasteiger partial charge is 0.150 e. The number of H-pyrrole nitrogens is 1. The summed E-state index contributed by atoms with van der Waals surface area (Å²) in [6, 6.07) is 3.27. The Kier molecular flexibility index (Phi) is 3.37. The molecule has 1 N–H and O–H groups in total. The quantitative estimate of drug-likeness (QED) is 0.625. The first kappa shape index (κ1) is 11.7. The van der Waals surface area contributed by atoms with E-state index in [4.69, 9.17) is 23.8 Å². The first-order chi connectivity index (χ1) is 7.61. The summed E-state index contributed by atoms with van der Waals surface area (Å²) >= 11 is 14.0. The van der Waals surface area contributed by atoms with Crippen LogP contribution in [0.15, 0.2) is 29.1 Å². The molecule has 0 spiro atoms. The van der Waals surface area contributed by atoms with Crippen LogP contribution in [-0.2, 0) is 0 Å². The molecule has 2 aromatic rings. The van der Waals surface area contributed by atoms with Crippen molar-refractivity contribution >= 4 is 39.7 Å². The Morgan fingerprint density at radius 1 is 1.38 bits per heavy atom. The van der Waals surface area contributed by atoms with Crippen LogP contribution in [0.2, 0.25) is 5.02 Å². The number of nitrogens with zero attached hydrogens (tertiary/aromatic N) is 1. The molecule has 2 nitrogen and oxygen atoms in total. The molecule has 0 aliphatic heterocycles. The summed E-state index contributed by atoms with van der Waals surface area (Å²) in [4.78, 5) is 6.61. The molecular weight excluding hydrogens is 315 g/mol. The van der Waals surface area contributed by atoms with Crippen LogP contribution in [0, 0.1) is 10.5 Å². The van der Waals surface area contributed by atoms with Crippen LogP contribution in [0.5, 0.6) is 0 Å². The molecule has 6 heteroatoms. The van der Waals surface area contributed by atoms with Crippen molar-refractivity contribution in [2.24, 2.45) is 0 Å². The van der Waals surface area contributed by atoms with Gasteiger partial charge in [-0.05, 0) is 22.0 Å². The minimum absolute atomic E-state index is 0.0377. The first-order valence-electron chi connectivity index (χ1n) is 4.28. The number of hydrogen-bond donors (Lipinski definition) is 1. The van der Waals surface area contributed by atoms with Gasteiger partial charge in [0.05, 0.1) is 11.3 Å². The SMILES string of the molecule is Fc1c(-c2cnc[nH]c2=S)ccc(Br)c1Cl. The van der Waals surface area contributed by atoms with Gasteiger partial charge in [-0.15, -0.1) is 0 Å². The maximum absolute atomic E-state index is 13.9. The van der Waals surface area contributed by atoms with E-state index < -0.39 is 5.82 Å². The van der Waals surface area contributed by atoms with E-state index in [0.717, 1.165) is 0 Å². The van der Waals surface area contributed by atoms with Crippen molar-refractivity contribution in [2.75, 3.05) is 0 Å². The molecule has 1 heterocycles. The molecule has 0 aliphatic rings. The molecule has 0 amide bonds. The summed E-state index contributed by atoms with van der Waals surface area (Å²) in [5, 5.41) is 0.0377. The molecule has 1 aromatic heterocycles. The Bertz CT molecular complexity index is 600. The van der Waals surface area contributed by atoms with Crippen molar-refractivity contribution in [3.63, 3.8) is 0 Å². The second-order valence-corrected chi connectivity index (χ2v) is 4.66. The van der Waals surface area contributed by atoms with Crippen molar-refractivity contribution in [1.82, 2.24) is 9.97 Å². The summed E-state index contributed by atoms with van der Waals surface area (Å²) in [5.74, 6) is -0.511. The number of halogens is 3. The Morgan fingerprint density at radius 3 is 2.81 bits per heavy atom. The lowest BCUT2D eigenvalue weighted by Crippen LogP contribution is -1.90. The maximum atomic E-state index is 13.9. The molecule has 16 heavy (non-hydrogen) atoms. The van der Waals surface area contributed by atoms with E-state index in [0.29, 0.717) is 20.2 Å². The molecule has 0 bridgehead atoms. The van der Waals surface area contributed by atoms with Crippen LogP contribution in [0.25, 0.3) is 11.1 Å². The van der Waals surface area contributed by atoms with Gasteiger partial charge >= 0.3 is 0 Å². The fourth-order valence-electron chi connectivity index (χ4n) is 1.27. The second kappa shape index (κ2) is 4.61. The minimum Gasteiger partial charge on any atom is -0.337 e. The van der Waals surface area contributed by atoms with Gasteiger partial charge in [0.2, 0.25) is 0 Å². The Morgan fingerprint density at radius 2 is 2.12 bits per heavy atom. The number of rotatable bonds is 1. The van der Waals surface area contributed by atoms with Crippen LogP contribution in [0.4, 0.5) is 4.39 Å². The van der Waals surface area contributed by atoms with E-state index in [1.807, 2.05) is 0 Å². The molecule has 2 rings (SSSR count). The number of aromatic amines is 1. The largest absolute Gasteiger partial charge is 0.337 e. The van der Waals surface area contributed by atoms with Crippen molar-refractivity contribution in [3.05, 3.63) is 44.6 Å². The topological polar surface area (TPSA) is 28.7 Å². The summed E-state index contributed by atoms with van der Waals surface area (Å²) in [5.41, 5.74) is 0.854. The second-order valence-electron chi connectivity index (χ2n) is 3.02. The minimum atomic E-state index is -0.511. The van der Waals surface area contributed by atoms with Gasteiger partial charge in [-0.3, -0.25) is 0 Å². The normalized spacial score (nSPS) is 10.4. The molecule has 0 atom stereocenters. The zero-order valence-electron chi connectivity index (χ0n) is 7.80. The van der Waals surface area contributed by atoms with Crippen LogP contribution in [-0.4, -0.2) is 9.97 Å². The van der Waals surface area contributed by atoms with Crippen LogP contribution in [0.3, 0.4) is 0 Å². The monoisotopic (exact) mass is 318 g/mol. The highest BCUT2D eigenvalue weighted by Gasteiger charge is 2.12. The fourth-order valence-corrected chi connectivity index (χ4v) is 1.96. The molecule has 0 aliphatic carbocycles. The Labute approximate surface area is 110 Å². The van der Waals surface area contributed by atoms with Gasteiger partial charge in [-0.2, -0.15) is 0 Å². The van der Waals surface area contributed by atoms with Crippen LogP contribution in [0.1, 0.15) is 0 Å². The highest BCUT2D eigenvalue weighted by atomic mass is 79.9. The lowest BCUT2D eigenvalue weighted by atomic mass is 10.1. The zero-order valence-corrected chi connectivity index (χ0v) is 11.0. The van der Waals surface area contributed by atoms with Gasteiger partial charge in [-0.25, -0.2) is 9.37 Å². The number of nitrogens with one attached hydrogen (secondary N) is 1. The van der Waals surface area contributed by atoms with Gasteiger partial charge in [-0.1, -0.05) is 29.9 Å². The van der Waals surface area contributed by atoms with Crippen molar-refractivity contribution in [2.45, 2.75) is 0 Å². The zero-order chi connectivity index (χ0) is 11.7. The van der Waals surface area contributed by atoms with Gasteiger partial charge in [0.25, 0.3) is 0 Å². The Balaban J connectivity index is 2.71. The lowest BCUT2D eigenvalue weighted by molar-refractivity contribution is 0.630. The van der Waals surface area contributed by atoms with Gasteiger partial charge in [0.1, 0.15) is 4.64 Å². The number of hydrogen-bond acceptors (Lipinski definition) is 2. The average molecular weight is 320 g/mol. The lowest BCUT2D eigenvalue weighted by Gasteiger charge is -2.05. The summed E-state index contributed by atoms with van der Waals surface area (Å²) in [6.45, 7) is 0. The predicted molar refractivity (Wildman–Crippen MR) is 67.5 cm³/mol. The summed E-state index contributed by atoms with van der Waals surface area (Å²) in [7, 11) is 0. The molecule has 0 saturated carbocycles. The molecule has 82 valence electrons. The molecule has 0 saturated heterocycles. The van der Waals surface area contributed by atoms with E-state index in [9.17, 15) is 4.39 Å². The Hall–Kier alpha value is -0.780. The van der Waals surface area contributed by atoms with E-state index in [2.05, 4.69) is 25.9 Å². The maximum Gasteiger partial charge on any atom is 0.150 e. The van der Waals surface area contributed by atoms with Crippen LogP contribution >= 0.6 is 39.7 Å². The third kappa shape index (κ3) is 2.03. The van der Waals surface area contributed by atoms with E-state index in [1.54, 1.807) is 12.1 Å². The summed E-state index contributed by atoms with van der Waals surface area (Å²) in [6.07, 6.45) is 2.95. The molecule has 1 aromatic carbocycles. The highest BCUT2D eigenvalue weighted by molar-refractivity contribution is 9.10. The third-order valence-electron chi connectivity index (χ3n) is 2.04. The number of benzene rings is 1. The standard InChI is InChI=1S/C10H5BrClFN2S/c11-7-2-1-5(9(13)8(7)12)6-3-14-4-15-10(6)16/h1-4H,(H,14,15,16). The molecular formula is C10H5BrClFN2S. The van der Waals surface area contributed by atoms with E-state index >= 15 is 0 Å². The molecule has 0 fully saturated rings. The summed E-state index contributed by atoms with van der Waals surface area (Å²) < 4.78 is 14.8. The van der Waals surface area contributed by atoms with Gasteiger partial charge in [0.15, 0.2) is 5.82 Å². The fraction of sp³-hybridized carbons (Fsp3) is 0. The van der Waals surface area contributed by atoms with Gasteiger partial charge in [0, 0.05) is 21.8 Å². The van der Waals surface area contributed by atoms with Crippen molar-refractivity contribution < 1.29 is 4.39 Å². The highest BCUT2D eigenvalue weighted by Crippen LogP contribution is 2.32. The van der Waals surface area contributed by atoms with Crippen molar-refractivity contribution in [1.29, 1.82) is 0 Å². The average Bonchev–Trinajstić information content (AvgIpc) is 2.28. The first-order valence-corrected chi connectivity index (χ1v) is 5.85. The molecule has 0 radical (unpaired) electrons. The van der Waals surface area contributed by atoms with Gasteiger partial charge < -0.3 is 4.98 Å². The van der Waals surface area contributed by atoms with E-state index in [1.165, 1.54) is 12.5 Å². The van der Waals surface area contributed by atoms with Crippen LogP contribution < -0.4 is 0 Å².